The molecule has 0 heterocycles. The Hall–Kier alpha value is -2.78. The highest BCUT2D eigenvalue weighted by atomic mass is 16.6. The van der Waals surface area contributed by atoms with Crippen LogP contribution in [0.25, 0.3) is 0 Å². The number of nitrogens with zero attached hydrogens (tertiary/aromatic N) is 3. The van der Waals surface area contributed by atoms with Crippen molar-refractivity contribution in [1.82, 2.24) is 0 Å². The van der Waals surface area contributed by atoms with Crippen molar-refractivity contribution in [2.45, 2.75) is 0 Å². The van der Waals surface area contributed by atoms with Gasteiger partial charge in [0.05, 0.1) is 21.9 Å². The highest BCUT2D eigenvalue weighted by molar-refractivity contribution is 5.71. The molecule has 0 radical (unpaired) electrons. The van der Waals surface area contributed by atoms with Gasteiger partial charge in [-0.25, -0.2) is 0 Å². The molecule has 0 saturated heterocycles. The molecule has 0 aliphatic heterocycles. The first-order valence-electron chi connectivity index (χ1n) is 4.04. The van der Waals surface area contributed by atoms with E-state index in [1.54, 1.807) is 0 Å². The van der Waals surface area contributed by atoms with Gasteiger partial charge in [-0.2, -0.15) is 0 Å². The minimum atomic E-state index is -1.20. The standard InChI is InChI=1S/C7H5N3O7/c1-17-5-3-2-4(8(11)12)6(9(13)14)7(5)10(15)16/h2-3H,1H3. The number of nitro groups is 3. The van der Waals surface area contributed by atoms with Gasteiger partial charge < -0.3 is 4.74 Å². The number of hydrogen-bond donors (Lipinski definition) is 0. The summed E-state index contributed by atoms with van der Waals surface area (Å²) >= 11 is 0. The van der Waals surface area contributed by atoms with E-state index in [4.69, 9.17) is 0 Å². The van der Waals surface area contributed by atoms with Gasteiger partial charge in [-0.3, -0.25) is 30.3 Å². The van der Waals surface area contributed by atoms with Crippen LogP contribution in [0.5, 0.6) is 5.75 Å². The molecule has 0 atom stereocenters. The number of hydrogen-bond acceptors (Lipinski definition) is 7. The fraction of sp³-hybridized carbons (Fsp3) is 0.143. The highest BCUT2D eigenvalue weighted by Crippen LogP contribution is 2.42. The molecule has 0 unspecified atom stereocenters. The molecule has 1 aromatic rings. The summed E-state index contributed by atoms with van der Waals surface area (Å²) in [5.74, 6) is -0.410. The third kappa shape index (κ3) is 2.09. The van der Waals surface area contributed by atoms with Crippen LogP contribution in [0.4, 0.5) is 17.1 Å². The van der Waals surface area contributed by atoms with Crippen LogP contribution in [0.1, 0.15) is 0 Å². The second-order valence-corrected chi connectivity index (χ2v) is 2.76. The van der Waals surface area contributed by atoms with Gasteiger partial charge in [-0.15, -0.1) is 0 Å². The molecule has 1 aromatic carbocycles. The Morgan fingerprint density at radius 1 is 0.941 bits per heavy atom. The summed E-state index contributed by atoms with van der Waals surface area (Å²) in [5, 5.41) is 31.9. The zero-order chi connectivity index (χ0) is 13.2. The van der Waals surface area contributed by atoms with E-state index in [2.05, 4.69) is 4.74 Å². The number of rotatable bonds is 4. The quantitative estimate of drug-likeness (QED) is 0.575. The van der Waals surface area contributed by atoms with Crippen LogP contribution in [0.3, 0.4) is 0 Å². The molecule has 0 amide bonds. The van der Waals surface area contributed by atoms with Crippen LogP contribution >= 0.6 is 0 Å². The molecule has 0 spiro atoms. The summed E-state index contributed by atoms with van der Waals surface area (Å²) in [6.07, 6.45) is 0. The van der Waals surface area contributed by atoms with Gasteiger partial charge in [0.1, 0.15) is 0 Å². The second kappa shape index (κ2) is 4.38. The van der Waals surface area contributed by atoms with Crippen LogP contribution in [-0.4, -0.2) is 21.9 Å². The lowest BCUT2D eigenvalue weighted by Gasteiger charge is -2.01. The number of benzene rings is 1. The average Bonchev–Trinajstić information content (AvgIpc) is 2.26. The Kier molecular flexibility index (Phi) is 3.17. The smallest absolute Gasteiger partial charge is 0.426 e. The van der Waals surface area contributed by atoms with Crippen molar-refractivity contribution in [3.8, 4) is 5.75 Å². The maximum Gasteiger partial charge on any atom is 0.426 e. The molecular weight excluding hydrogens is 238 g/mol. The third-order valence-corrected chi connectivity index (χ3v) is 1.87. The first-order chi connectivity index (χ1) is 7.90. The van der Waals surface area contributed by atoms with E-state index in [-0.39, 0.29) is 0 Å². The molecule has 0 aliphatic carbocycles. The summed E-state index contributed by atoms with van der Waals surface area (Å²) in [6, 6.07) is 1.72. The van der Waals surface area contributed by atoms with E-state index >= 15 is 0 Å². The van der Waals surface area contributed by atoms with Gasteiger partial charge in [0, 0.05) is 6.07 Å². The molecule has 0 fully saturated rings. The van der Waals surface area contributed by atoms with Gasteiger partial charge >= 0.3 is 17.1 Å². The zero-order valence-corrected chi connectivity index (χ0v) is 8.35. The summed E-state index contributed by atoms with van der Waals surface area (Å²) in [7, 11) is 1.07. The Morgan fingerprint density at radius 2 is 1.47 bits per heavy atom. The molecule has 10 nitrogen and oxygen atoms in total. The van der Waals surface area contributed by atoms with Gasteiger partial charge in [0.15, 0.2) is 0 Å². The lowest BCUT2D eigenvalue weighted by Crippen LogP contribution is -2.03. The first-order valence-corrected chi connectivity index (χ1v) is 4.04. The topological polar surface area (TPSA) is 139 Å². The molecule has 0 aromatic heterocycles. The van der Waals surface area contributed by atoms with Gasteiger partial charge in [-0.05, 0) is 6.07 Å². The Labute approximate surface area is 92.9 Å². The van der Waals surface area contributed by atoms with E-state index in [9.17, 15) is 30.3 Å². The molecule has 0 bridgehead atoms. The van der Waals surface area contributed by atoms with Crippen molar-refractivity contribution in [3.05, 3.63) is 42.5 Å². The van der Waals surface area contributed by atoms with Crippen LogP contribution in [0, 0.1) is 30.3 Å². The van der Waals surface area contributed by atoms with E-state index < -0.39 is 37.6 Å². The molecule has 0 saturated carbocycles. The molecule has 0 N–H and O–H groups in total. The average molecular weight is 243 g/mol. The van der Waals surface area contributed by atoms with Crippen molar-refractivity contribution in [3.63, 3.8) is 0 Å². The Bertz CT molecular complexity index is 512. The fourth-order valence-electron chi connectivity index (χ4n) is 1.22. The Morgan fingerprint density at radius 3 is 1.82 bits per heavy atom. The summed E-state index contributed by atoms with van der Waals surface area (Å²) < 4.78 is 4.56. The highest BCUT2D eigenvalue weighted by Gasteiger charge is 2.39. The SMILES string of the molecule is COc1ccc([N+](=O)[O-])c([N+](=O)[O-])c1[N+](=O)[O-]. The normalized spacial score (nSPS) is 9.71. The predicted octanol–water partition coefficient (Wildman–Crippen LogP) is 1.42. The first kappa shape index (κ1) is 12.3. The summed E-state index contributed by atoms with van der Waals surface area (Å²) in [6.45, 7) is 0. The van der Waals surface area contributed by atoms with Crippen LogP contribution in [0.15, 0.2) is 12.1 Å². The largest absolute Gasteiger partial charge is 0.490 e. The third-order valence-electron chi connectivity index (χ3n) is 1.87. The van der Waals surface area contributed by atoms with Gasteiger partial charge in [0.2, 0.25) is 5.75 Å². The minimum absolute atomic E-state index is 0.410. The summed E-state index contributed by atoms with van der Waals surface area (Å²) in [4.78, 5) is 28.5. The Balaban J connectivity index is 3.71. The molecular formula is C7H5N3O7. The van der Waals surface area contributed by atoms with E-state index in [1.165, 1.54) is 0 Å². The van der Waals surface area contributed by atoms with Crippen molar-refractivity contribution in [2.24, 2.45) is 0 Å². The molecule has 10 heteroatoms. The maximum atomic E-state index is 10.7. The maximum absolute atomic E-state index is 10.7. The monoisotopic (exact) mass is 243 g/mol. The molecule has 0 aliphatic rings. The number of methoxy groups -OCH3 is 1. The van der Waals surface area contributed by atoms with E-state index in [0.717, 1.165) is 19.2 Å². The lowest BCUT2D eigenvalue weighted by molar-refractivity contribution is -0.441. The number of ether oxygens (including phenoxy) is 1. The van der Waals surface area contributed by atoms with Gasteiger partial charge in [-0.1, -0.05) is 0 Å². The summed E-state index contributed by atoms with van der Waals surface area (Å²) in [5.41, 5.74) is -3.19. The fourth-order valence-corrected chi connectivity index (χ4v) is 1.22. The number of nitro benzene ring substituents is 3. The molecule has 1 rings (SSSR count). The predicted molar refractivity (Wildman–Crippen MR) is 53.0 cm³/mol. The van der Waals surface area contributed by atoms with Crippen LogP contribution in [-0.2, 0) is 0 Å². The molecule has 90 valence electrons. The van der Waals surface area contributed by atoms with Crippen molar-refractivity contribution in [1.29, 1.82) is 0 Å². The lowest BCUT2D eigenvalue weighted by atomic mass is 10.2. The second-order valence-electron chi connectivity index (χ2n) is 2.76. The van der Waals surface area contributed by atoms with Crippen molar-refractivity contribution < 1.29 is 19.5 Å². The van der Waals surface area contributed by atoms with Crippen molar-refractivity contribution in [2.75, 3.05) is 7.11 Å². The minimum Gasteiger partial charge on any atom is -0.490 e. The molecule has 17 heavy (non-hydrogen) atoms. The van der Waals surface area contributed by atoms with Gasteiger partial charge in [0.25, 0.3) is 0 Å². The van der Waals surface area contributed by atoms with Crippen LogP contribution < -0.4 is 4.74 Å². The van der Waals surface area contributed by atoms with E-state index in [1.807, 2.05) is 0 Å². The van der Waals surface area contributed by atoms with E-state index in [0.29, 0.717) is 0 Å². The zero-order valence-electron chi connectivity index (χ0n) is 8.35. The van der Waals surface area contributed by atoms with Crippen molar-refractivity contribution >= 4 is 17.1 Å². The van der Waals surface area contributed by atoms with Crippen LogP contribution in [0.2, 0.25) is 0 Å².